The molecule has 4 aromatic rings. The van der Waals surface area contributed by atoms with Gasteiger partial charge in [0.1, 0.15) is 22.7 Å². The number of thioether (sulfide) groups is 1. The molecule has 18 heteroatoms. The second-order valence-electron chi connectivity index (χ2n) is 10.7. The summed E-state index contributed by atoms with van der Waals surface area (Å²) in [5.74, 6) is -30.0. The summed E-state index contributed by atoms with van der Waals surface area (Å²) in [5.41, 5.74) is -5.05. The largest absolute Gasteiger partial charge is 0.452 e. The van der Waals surface area contributed by atoms with E-state index >= 15 is 0 Å². The third-order valence-corrected chi connectivity index (χ3v) is 8.80. The van der Waals surface area contributed by atoms with Gasteiger partial charge >= 0.3 is 11.9 Å². The highest BCUT2D eigenvalue weighted by molar-refractivity contribution is 7.99. The first-order valence-electron chi connectivity index (χ1n) is 14.3. The van der Waals surface area contributed by atoms with Gasteiger partial charge in [0, 0.05) is 9.92 Å². The standard InChI is InChI=1S/C33H19ClF10O6S/c1-12-28(49-31(45)16-18(35)22(39)26(43)23(40)19(16)36)29(50-32(46)17-20(37)24(41)27(44)25(42)21(17)38)30(47-11-13-7-9-14(34)10-8-13)33(48-12)51-15-5-3-2-4-6-15/h2-10,12,28-30,33H,11H2,1H3/t12-,28-,29+,30+,33-/m0/s1. The van der Waals surface area contributed by atoms with Crippen molar-refractivity contribution in [2.75, 3.05) is 0 Å². The average molecular weight is 769 g/mol. The Bertz CT molecular complexity index is 1910. The first-order valence-corrected chi connectivity index (χ1v) is 15.6. The Hall–Kier alpha value is -4.32. The smallest absolute Gasteiger partial charge is 0.344 e. The molecule has 1 fully saturated rings. The van der Waals surface area contributed by atoms with Crippen LogP contribution in [0.5, 0.6) is 0 Å². The topological polar surface area (TPSA) is 71.1 Å². The van der Waals surface area contributed by atoms with E-state index in [2.05, 4.69) is 0 Å². The molecular weight excluding hydrogens is 750 g/mol. The summed E-state index contributed by atoms with van der Waals surface area (Å²) in [4.78, 5) is 26.8. The Balaban J connectivity index is 1.61. The molecular formula is C33H19ClF10O6S. The number of hydrogen-bond acceptors (Lipinski definition) is 7. The van der Waals surface area contributed by atoms with Crippen LogP contribution in [0.15, 0.2) is 59.5 Å². The van der Waals surface area contributed by atoms with Crippen LogP contribution in [-0.2, 0) is 25.6 Å². The first-order chi connectivity index (χ1) is 24.1. The van der Waals surface area contributed by atoms with Crippen molar-refractivity contribution < 1.29 is 72.4 Å². The molecule has 1 aliphatic heterocycles. The molecule has 0 radical (unpaired) electrons. The van der Waals surface area contributed by atoms with Gasteiger partial charge in [-0.25, -0.2) is 53.5 Å². The van der Waals surface area contributed by atoms with Gasteiger partial charge in [0.15, 0.2) is 58.7 Å². The molecule has 0 spiro atoms. The van der Waals surface area contributed by atoms with E-state index in [-0.39, 0.29) is 6.61 Å². The molecule has 0 bridgehead atoms. The number of esters is 2. The molecule has 5 rings (SSSR count). The van der Waals surface area contributed by atoms with Crippen molar-refractivity contribution in [1.29, 1.82) is 0 Å². The van der Waals surface area contributed by atoms with Gasteiger partial charge in [0.25, 0.3) is 0 Å². The van der Waals surface area contributed by atoms with Crippen molar-refractivity contribution in [1.82, 2.24) is 0 Å². The average Bonchev–Trinajstić information content (AvgIpc) is 3.10. The lowest BCUT2D eigenvalue weighted by molar-refractivity contribution is -0.211. The summed E-state index contributed by atoms with van der Waals surface area (Å²) < 4.78 is 164. The maximum atomic E-state index is 14.7. The van der Waals surface area contributed by atoms with Crippen LogP contribution in [0.1, 0.15) is 33.2 Å². The fourth-order valence-corrected chi connectivity index (χ4v) is 6.19. The lowest BCUT2D eigenvalue weighted by Crippen LogP contribution is -2.59. The van der Waals surface area contributed by atoms with Crippen LogP contribution in [0.2, 0.25) is 5.02 Å². The molecule has 0 unspecified atom stereocenters. The molecule has 4 aromatic carbocycles. The minimum atomic E-state index is -2.60. The molecule has 5 atom stereocenters. The van der Waals surface area contributed by atoms with Crippen LogP contribution in [0.25, 0.3) is 0 Å². The van der Waals surface area contributed by atoms with E-state index in [0.717, 1.165) is 18.7 Å². The number of halogens is 11. The predicted octanol–water partition coefficient (Wildman–Crippen LogP) is 8.60. The zero-order valence-corrected chi connectivity index (χ0v) is 26.9. The van der Waals surface area contributed by atoms with Crippen LogP contribution in [0, 0.1) is 58.2 Å². The molecule has 6 nitrogen and oxygen atoms in total. The van der Waals surface area contributed by atoms with E-state index in [1.54, 1.807) is 30.3 Å². The van der Waals surface area contributed by atoms with Crippen molar-refractivity contribution in [3.8, 4) is 0 Å². The Kier molecular flexibility index (Phi) is 11.5. The number of benzene rings is 4. The van der Waals surface area contributed by atoms with E-state index in [4.69, 9.17) is 30.5 Å². The predicted molar refractivity (Wildman–Crippen MR) is 158 cm³/mol. The summed E-state index contributed by atoms with van der Waals surface area (Å²) in [6.07, 6.45) is -7.60. The molecule has 1 aliphatic rings. The van der Waals surface area contributed by atoms with Gasteiger partial charge in [-0.05, 0) is 36.8 Å². The van der Waals surface area contributed by atoms with E-state index in [1.165, 1.54) is 24.3 Å². The number of carbonyl (C=O) groups is 2. The molecule has 0 saturated carbocycles. The highest BCUT2D eigenvalue weighted by Crippen LogP contribution is 2.39. The third kappa shape index (κ3) is 7.66. The molecule has 0 aromatic heterocycles. The normalized spacial score (nSPS) is 20.3. The van der Waals surface area contributed by atoms with Crippen molar-refractivity contribution >= 4 is 35.3 Å². The minimum absolute atomic E-state index is 0.320. The SMILES string of the molecule is C[C@@H]1O[C@@H](Sc2ccccc2)[C@H](OCc2ccc(Cl)cc2)[C@H](OC(=O)c2c(F)c(F)c(F)c(F)c2F)[C@H]1OC(=O)c1c(F)c(F)c(F)c(F)c1F. The lowest BCUT2D eigenvalue weighted by Gasteiger charge is -2.44. The molecule has 0 aliphatic carbocycles. The van der Waals surface area contributed by atoms with Gasteiger partial charge in [-0.15, -0.1) is 0 Å². The van der Waals surface area contributed by atoms with E-state index in [1.807, 2.05) is 0 Å². The third-order valence-electron chi connectivity index (χ3n) is 7.39. The summed E-state index contributed by atoms with van der Waals surface area (Å²) in [7, 11) is 0. The Morgan fingerprint density at radius 3 is 1.53 bits per heavy atom. The van der Waals surface area contributed by atoms with Gasteiger partial charge in [0.05, 0.1) is 12.7 Å². The van der Waals surface area contributed by atoms with Crippen LogP contribution < -0.4 is 0 Å². The van der Waals surface area contributed by atoms with Crippen LogP contribution in [-0.4, -0.2) is 41.8 Å². The molecule has 0 N–H and O–H groups in total. The number of rotatable bonds is 9. The summed E-state index contributed by atoms with van der Waals surface area (Å²) in [6.45, 7) is 0.754. The van der Waals surface area contributed by atoms with Gasteiger partial charge in [0.2, 0.25) is 11.6 Å². The Labute approximate surface area is 290 Å². The number of hydrogen-bond donors (Lipinski definition) is 0. The summed E-state index contributed by atoms with van der Waals surface area (Å²) in [5, 5.41) is 0.320. The molecule has 270 valence electrons. The quantitative estimate of drug-likeness (QED) is 0.0732. The molecule has 1 saturated heterocycles. The van der Waals surface area contributed by atoms with Crippen LogP contribution in [0.3, 0.4) is 0 Å². The van der Waals surface area contributed by atoms with Crippen molar-refractivity contribution in [3.63, 3.8) is 0 Å². The first kappa shape index (κ1) is 37.9. The Morgan fingerprint density at radius 2 is 1.06 bits per heavy atom. The van der Waals surface area contributed by atoms with Gasteiger partial charge in [-0.2, -0.15) is 0 Å². The van der Waals surface area contributed by atoms with Crippen molar-refractivity contribution in [2.45, 2.75) is 48.3 Å². The van der Waals surface area contributed by atoms with E-state index < -0.39 is 111 Å². The van der Waals surface area contributed by atoms with Gasteiger partial charge < -0.3 is 18.9 Å². The van der Waals surface area contributed by atoms with Crippen molar-refractivity contribution in [2.24, 2.45) is 0 Å². The second-order valence-corrected chi connectivity index (χ2v) is 12.3. The number of ether oxygens (including phenoxy) is 4. The maximum absolute atomic E-state index is 14.7. The zero-order chi connectivity index (χ0) is 37.3. The summed E-state index contributed by atoms with van der Waals surface area (Å²) in [6, 6.07) is 14.0. The Morgan fingerprint density at radius 1 is 0.627 bits per heavy atom. The van der Waals surface area contributed by atoms with Crippen molar-refractivity contribution in [3.05, 3.63) is 134 Å². The summed E-state index contributed by atoms with van der Waals surface area (Å²) >= 11 is 6.83. The zero-order valence-electron chi connectivity index (χ0n) is 25.3. The van der Waals surface area contributed by atoms with Gasteiger partial charge in [-0.1, -0.05) is 53.7 Å². The highest BCUT2D eigenvalue weighted by Gasteiger charge is 2.51. The monoisotopic (exact) mass is 768 g/mol. The number of carbonyl (C=O) groups excluding carboxylic acids is 2. The minimum Gasteiger partial charge on any atom is -0.452 e. The molecule has 1 heterocycles. The molecule has 0 amide bonds. The lowest BCUT2D eigenvalue weighted by atomic mass is 9.99. The molecule has 51 heavy (non-hydrogen) atoms. The van der Waals surface area contributed by atoms with Gasteiger partial charge in [-0.3, -0.25) is 0 Å². The van der Waals surface area contributed by atoms with E-state index in [0.29, 0.717) is 15.5 Å². The fraction of sp³-hybridized carbons (Fsp3) is 0.212. The second kappa shape index (κ2) is 15.5. The highest BCUT2D eigenvalue weighted by atomic mass is 35.5. The van der Waals surface area contributed by atoms with E-state index in [9.17, 15) is 53.5 Å². The fourth-order valence-electron chi connectivity index (χ4n) is 4.88. The maximum Gasteiger partial charge on any atom is 0.344 e. The van der Waals surface area contributed by atoms with Crippen LogP contribution in [0.4, 0.5) is 43.9 Å². The van der Waals surface area contributed by atoms with Crippen LogP contribution >= 0.6 is 23.4 Å².